The molecule has 0 aliphatic heterocycles. The van der Waals surface area contributed by atoms with Gasteiger partial charge in [0.15, 0.2) is 0 Å². The van der Waals surface area contributed by atoms with Gasteiger partial charge in [-0.05, 0) is 56.0 Å². The Kier molecular flexibility index (Phi) is 7.77. The van der Waals surface area contributed by atoms with Gasteiger partial charge in [0.1, 0.15) is 11.5 Å². The molecule has 0 aliphatic carbocycles. The van der Waals surface area contributed by atoms with Gasteiger partial charge in [-0.1, -0.05) is 49.8 Å². The van der Waals surface area contributed by atoms with E-state index in [9.17, 15) is 4.79 Å². The van der Waals surface area contributed by atoms with Crippen molar-refractivity contribution in [3.8, 4) is 11.5 Å². The Morgan fingerprint density at radius 1 is 0.920 bits per heavy atom. The van der Waals surface area contributed by atoms with Gasteiger partial charge in [-0.25, -0.2) is 4.79 Å². The maximum absolute atomic E-state index is 11.2. The van der Waals surface area contributed by atoms with E-state index >= 15 is 0 Å². The van der Waals surface area contributed by atoms with Gasteiger partial charge in [-0.2, -0.15) is 0 Å². The van der Waals surface area contributed by atoms with E-state index in [1.807, 2.05) is 42.5 Å². The Labute approximate surface area is 150 Å². The van der Waals surface area contributed by atoms with Crippen LogP contribution in [0.15, 0.2) is 66.7 Å². The minimum atomic E-state index is -0.296. The first kappa shape index (κ1) is 18.8. The van der Waals surface area contributed by atoms with E-state index in [1.165, 1.54) is 5.56 Å². The van der Waals surface area contributed by atoms with Crippen molar-refractivity contribution in [1.82, 2.24) is 0 Å². The quantitative estimate of drug-likeness (QED) is 0.317. The number of hydrogen-bond donors (Lipinski definition) is 0. The minimum Gasteiger partial charge on any atom is -0.462 e. The predicted octanol–water partition coefficient (Wildman–Crippen LogP) is 5.70. The Hall–Kier alpha value is -2.55. The van der Waals surface area contributed by atoms with Gasteiger partial charge in [0.25, 0.3) is 0 Å². The van der Waals surface area contributed by atoms with E-state index < -0.39 is 0 Å². The van der Waals surface area contributed by atoms with Crippen molar-refractivity contribution in [2.45, 2.75) is 39.0 Å². The number of rotatable bonds is 10. The summed E-state index contributed by atoms with van der Waals surface area (Å²) in [5, 5.41) is 0. The first-order valence-corrected chi connectivity index (χ1v) is 8.79. The molecule has 0 amide bonds. The second kappa shape index (κ2) is 10.3. The normalized spacial score (nSPS) is 10.3. The van der Waals surface area contributed by atoms with Crippen LogP contribution in [-0.2, 0) is 16.0 Å². The Morgan fingerprint density at radius 3 is 2.40 bits per heavy atom. The van der Waals surface area contributed by atoms with Crippen LogP contribution >= 0.6 is 0 Å². The van der Waals surface area contributed by atoms with Crippen molar-refractivity contribution < 1.29 is 14.3 Å². The lowest BCUT2D eigenvalue weighted by molar-refractivity contribution is -0.139. The molecule has 0 N–H and O–H groups in total. The predicted molar refractivity (Wildman–Crippen MR) is 101 cm³/mol. The van der Waals surface area contributed by atoms with Crippen molar-refractivity contribution in [2.24, 2.45) is 0 Å². The number of carbonyl (C=O) groups is 1. The fourth-order valence-corrected chi connectivity index (χ4v) is 2.46. The summed E-state index contributed by atoms with van der Waals surface area (Å²) in [7, 11) is 0. The molecule has 0 spiro atoms. The van der Waals surface area contributed by atoms with E-state index in [4.69, 9.17) is 9.47 Å². The van der Waals surface area contributed by atoms with Crippen LogP contribution in [0.2, 0.25) is 0 Å². The van der Waals surface area contributed by atoms with E-state index in [1.54, 1.807) is 6.92 Å². The maximum Gasteiger partial charge on any atom is 0.333 e. The van der Waals surface area contributed by atoms with Gasteiger partial charge in [0.2, 0.25) is 0 Å². The topological polar surface area (TPSA) is 35.5 Å². The lowest BCUT2D eigenvalue weighted by Crippen LogP contribution is -2.06. The number of esters is 1. The summed E-state index contributed by atoms with van der Waals surface area (Å²) in [6.07, 6.45) is 5.22. The molecule has 132 valence electrons. The zero-order valence-corrected chi connectivity index (χ0v) is 14.9. The smallest absolute Gasteiger partial charge is 0.333 e. The largest absolute Gasteiger partial charge is 0.462 e. The van der Waals surface area contributed by atoms with Crippen LogP contribution in [0.1, 0.15) is 38.2 Å². The van der Waals surface area contributed by atoms with Crippen LogP contribution in [0.25, 0.3) is 0 Å². The molecule has 0 fully saturated rings. The third-order valence-electron chi connectivity index (χ3n) is 3.82. The van der Waals surface area contributed by atoms with Crippen LogP contribution < -0.4 is 4.74 Å². The molecule has 0 unspecified atom stereocenters. The van der Waals surface area contributed by atoms with E-state index in [2.05, 4.69) is 18.7 Å². The zero-order chi connectivity index (χ0) is 17.9. The SMILES string of the molecule is C=C(C)C(=O)OCCCCCCc1cccc(Oc2ccccc2)c1. The maximum atomic E-state index is 11.2. The average molecular weight is 338 g/mol. The molecule has 0 atom stereocenters. The third-order valence-corrected chi connectivity index (χ3v) is 3.82. The Balaban J connectivity index is 1.65. The molecule has 0 heterocycles. The minimum absolute atomic E-state index is 0.296. The molecule has 0 saturated heterocycles. The van der Waals surface area contributed by atoms with Crippen LogP contribution in [0, 0.1) is 0 Å². The number of benzene rings is 2. The number of carbonyl (C=O) groups excluding carboxylic acids is 1. The van der Waals surface area contributed by atoms with Crippen LogP contribution in [0.3, 0.4) is 0 Å². The van der Waals surface area contributed by atoms with Crippen molar-refractivity contribution in [2.75, 3.05) is 6.61 Å². The molecular formula is C22H26O3. The molecule has 3 heteroatoms. The van der Waals surface area contributed by atoms with E-state index in [0.717, 1.165) is 43.6 Å². The summed E-state index contributed by atoms with van der Waals surface area (Å²) in [5.41, 5.74) is 1.74. The summed E-state index contributed by atoms with van der Waals surface area (Å²) < 4.78 is 11.0. The van der Waals surface area contributed by atoms with Crippen molar-refractivity contribution >= 4 is 5.97 Å². The number of unbranched alkanes of at least 4 members (excludes halogenated alkanes) is 3. The number of hydrogen-bond acceptors (Lipinski definition) is 3. The molecule has 0 aliphatic rings. The summed E-state index contributed by atoms with van der Waals surface area (Å²) >= 11 is 0. The lowest BCUT2D eigenvalue weighted by Gasteiger charge is -2.08. The Bertz CT molecular complexity index is 677. The van der Waals surface area contributed by atoms with E-state index in [-0.39, 0.29) is 5.97 Å². The van der Waals surface area contributed by atoms with Crippen LogP contribution in [0.4, 0.5) is 0 Å². The van der Waals surface area contributed by atoms with Crippen LogP contribution in [0.5, 0.6) is 11.5 Å². The molecule has 0 radical (unpaired) electrons. The van der Waals surface area contributed by atoms with Crippen molar-refractivity contribution in [1.29, 1.82) is 0 Å². The molecule has 0 saturated carbocycles. The lowest BCUT2D eigenvalue weighted by atomic mass is 10.1. The molecule has 25 heavy (non-hydrogen) atoms. The molecular weight excluding hydrogens is 312 g/mol. The first-order valence-electron chi connectivity index (χ1n) is 8.79. The molecule has 0 aromatic heterocycles. The highest BCUT2D eigenvalue weighted by molar-refractivity contribution is 5.86. The highest BCUT2D eigenvalue weighted by Gasteiger charge is 2.02. The number of para-hydroxylation sites is 1. The van der Waals surface area contributed by atoms with E-state index in [0.29, 0.717) is 12.2 Å². The van der Waals surface area contributed by atoms with Gasteiger partial charge in [-0.3, -0.25) is 0 Å². The van der Waals surface area contributed by atoms with Gasteiger partial charge < -0.3 is 9.47 Å². The first-order chi connectivity index (χ1) is 12.1. The molecule has 2 aromatic rings. The standard InChI is InChI=1S/C22H26O3/c1-18(2)22(23)24-16-9-4-3-6-11-19-12-10-15-21(17-19)25-20-13-7-5-8-14-20/h5,7-8,10,12-15,17H,1,3-4,6,9,11,16H2,2H3. The number of ether oxygens (including phenoxy) is 2. The Morgan fingerprint density at radius 2 is 1.64 bits per heavy atom. The fraction of sp³-hybridized carbons (Fsp3) is 0.318. The second-order valence-corrected chi connectivity index (χ2v) is 6.14. The monoisotopic (exact) mass is 338 g/mol. The van der Waals surface area contributed by atoms with Gasteiger partial charge >= 0.3 is 5.97 Å². The third kappa shape index (κ3) is 7.25. The summed E-state index contributed by atoms with van der Waals surface area (Å²) in [6.45, 7) is 5.71. The molecule has 2 rings (SSSR count). The summed E-state index contributed by atoms with van der Waals surface area (Å²) in [5.74, 6) is 1.43. The fourth-order valence-electron chi connectivity index (χ4n) is 2.46. The van der Waals surface area contributed by atoms with Crippen molar-refractivity contribution in [3.63, 3.8) is 0 Å². The van der Waals surface area contributed by atoms with Crippen molar-refractivity contribution in [3.05, 3.63) is 72.3 Å². The molecule has 2 aromatic carbocycles. The highest BCUT2D eigenvalue weighted by Crippen LogP contribution is 2.22. The summed E-state index contributed by atoms with van der Waals surface area (Å²) in [6, 6.07) is 18.0. The molecule has 3 nitrogen and oxygen atoms in total. The van der Waals surface area contributed by atoms with Gasteiger partial charge in [0.05, 0.1) is 6.61 Å². The molecule has 0 bridgehead atoms. The summed E-state index contributed by atoms with van der Waals surface area (Å²) in [4.78, 5) is 11.2. The van der Waals surface area contributed by atoms with Gasteiger partial charge in [-0.15, -0.1) is 0 Å². The van der Waals surface area contributed by atoms with Gasteiger partial charge in [0, 0.05) is 5.57 Å². The zero-order valence-electron chi connectivity index (χ0n) is 14.9. The second-order valence-electron chi connectivity index (χ2n) is 6.14. The average Bonchev–Trinajstić information content (AvgIpc) is 2.62. The highest BCUT2D eigenvalue weighted by atomic mass is 16.5. The van der Waals surface area contributed by atoms with Crippen LogP contribution in [-0.4, -0.2) is 12.6 Å². The number of aryl methyl sites for hydroxylation is 1.